The zero-order valence-corrected chi connectivity index (χ0v) is 17.4. The molecule has 1 N–H and O–H groups in total. The molecule has 0 bridgehead atoms. The van der Waals surface area contributed by atoms with E-state index in [1.54, 1.807) is 18.0 Å². The molecule has 0 aliphatic carbocycles. The minimum atomic E-state index is -0.818. The van der Waals surface area contributed by atoms with E-state index in [-0.39, 0.29) is 11.8 Å². The van der Waals surface area contributed by atoms with Gasteiger partial charge in [0.1, 0.15) is 0 Å². The minimum Gasteiger partial charge on any atom is -0.435 e. The van der Waals surface area contributed by atoms with Crippen LogP contribution in [0, 0.1) is 6.92 Å². The van der Waals surface area contributed by atoms with Gasteiger partial charge in [-0.25, -0.2) is 4.98 Å². The fraction of sp³-hybridized carbons (Fsp3) is 0.565. The van der Waals surface area contributed by atoms with Gasteiger partial charge in [0.15, 0.2) is 5.89 Å². The fourth-order valence-electron chi connectivity index (χ4n) is 4.41. The Morgan fingerprint density at radius 3 is 2.66 bits per heavy atom. The molecule has 3 heterocycles. The fourth-order valence-corrected chi connectivity index (χ4v) is 4.41. The number of benzene rings is 1. The maximum Gasteiger partial charge on any atom is 0.291 e. The summed E-state index contributed by atoms with van der Waals surface area (Å²) in [6.45, 7) is 7.86. The molecule has 1 atom stereocenters. The van der Waals surface area contributed by atoms with Crippen molar-refractivity contribution in [3.63, 3.8) is 0 Å². The van der Waals surface area contributed by atoms with E-state index in [0.29, 0.717) is 24.7 Å². The number of hydrogen-bond acceptors (Lipinski definition) is 5. The third kappa shape index (κ3) is 4.87. The van der Waals surface area contributed by atoms with Gasteiger partial charge in [0.2, 0.25) is 5.76 Å². The smallest absolute Gasteiger partial charge is 0.291 e. The minimum absolute atomic E-state index is 0.166. The van der Waals surface area contributed by atoms with Crippen LogP contribution in [-0.4, -0.2) is 57.6 Å². The highest BCUT2D eigenvalue weighted by Crippen LogP contribution is 2.29. The summed E-state index contributed by atoms with van der Waals surface area (Å²) < 4.78 is 5.87. The van der Waals surface area contributed by atoms with Crippen LogP contribution in [0.1, 0.15) is 66.1 Å². The molecule has 1 amide bonds. The van der Waals surface area contributed by atoms with Crippen molar-refractivity contribution in [2.75, 3.05) is 26.2 Å². The lowest BCUT2D eigenvalue weighted by Gasteiger charge is -2.36. The molecule has 0 saturated carbocycles. The van der Waals surface area contributed by atoms with Crippen LogP contribution in [0.5, 0.6) is 0 Å². The standard InChI is InChI=1S/C23H31N3O3/c1-17-4-6-18(7-5-17)15-25-12-8-19(9-13-25)21-24-14-20(29-21)22(27)26-11-3-10-23(2,28)16-26/h4-7,14,19,28H,3,8-13,15-16H2,1-2H3. The van der Waals surface area contributed by atoms with Gasteiger partial charge in [-0.3, -0.25) is 9.69 Å². The summed E-state index contributed by atoms with van der Waals surface area (Å²) in [5.74, 6) is 1.06. The number of hydrogen-bond donors (Lipinski definition) is 1. The lowest BCUT2D eigenvalue weighted by Crippen LogP contribution is -2.48. The number of oxazole rings is 1. The number of piperidine rings is 2. The highest BCUT2D eigenvalue weighted by Gasteiger charge is 2.33. The summed E-state index contributed by atoms with van der Waals surface area (Å²) in [6.07, 6.45) is 5.05. The Hall–Kier alpha value is -2.18. The molecule has 6 heteroatoms. The number of rotatable bonds is 4. The first-order valence-corrected chi connectivity index (χ1v) is 10.6. The molecule has 2 aliphatic rings. The van der Waals surface area contributed by atoms with Crippen LogP contribution < -0.4 is 0 Å². The molecule has 2 fully saturated rings. The van der Waals surface area contributed by atoms with E-state index in [0.717, 1.165) is 45.3 Å². The van der Waals surface area contributed by atoms with Gasteiger partial charge in [-0.2, -0.15) is 0 Å². The van der Waals surface area contributed by atoms with Gasteiger partial charge < -0.3 is 14.4 Å². The zero-order valence-electron chi connectivity index (χ0n) is 17.4. The maximum atomic E-state index is 12.7. The van der Waals surface area contributed by atoms with Crippen molar-refractivity contribution in [2.24, 2.45) is 0 Å². The zero-order chi connectivity index (χ0) is 20.4. The van der Waals surface area contributed by atoms with Gasteiger partial charge in [0.05, 0.1) is 11.8 Å². The number of amides is 1. The Bertz CT molecular complexity index is 835. The van der Waals surface area contributed by atoms with E-state index >= 15 is 0 Å². The Morgan fingerprint density at radius 1 is 1.24 bits per heavy atom. The molecule has 1 unspecified atom stereocenters. The highest BCUT2D eigenvalue weighted by atomic mass is 16.4. The third-order valence-electron chi connectivity index (χ3n) is 6.16. The van der Waals surface area contributed by atoms with Gasteiger partial charge in [-0.05, 0) is 58.2 Å². The van der Waals surface area contributed by atoms with Crippen molar-refractivity contribution < 1.29 is 14.3 Å². The van der Waals surface area contributed by atoms with E-state index in [4.69, 9.17) is 4.42 Å². The summed E-state index contributed by atoms with van der Waals surface area (Å²) in [5.41, 5.74) is 1.81. The molecular weight excluding hydrogens is 366 g/mol. The average Bonchev–Trinajstić information content (AvgIpc) is 3.19. The number of carbonyl (C=O) groups is 1. The molecule has 0 radical (unpaired) electrons. The van der Waals surface area contributed by atoms with Crippen LogP contribution in [0.4, 0.5) is 0 Å². The topological polar surface area (TPSA) is 69.8 Å². The molecule has 6 nitrogen and oxygen atoms in total. The highest BCUT2D eigenvalue weighted by molar-refractivity contribution is 5.91. The molecule has 4 rings (SSSR count). The van der Waals surface area contributed by atoms with Crippen molar-refractivity contribution >= 4 is 5.91 Å². The Morgan fingerprint density at radius 2 is 1.97 bits per heavy atom. The van der Waals surface area contributed by atoms with Crippen molar-refractivity contribution in [2.45, 2.75) is 57.6 Å². The molecule has 0 spiro atoms. The summed E-state index contributed by atoms with van der Waals surface area (Å²) in [4.78, 5) is 21.3. The van der Waals surface area contributed by atoms with Gasteiger partial charge in [-0.15, -0.1) is 0 Å². The predicted octanol–water partition coefficient (Wildman–Crippen LogP) is 3.35. The number of nitrogens with zero attached hydrogens (tertiary/aromatic N) is 3. The molecule has 29 heavy (non-hydrogen) atoms. The Balaban J connectivity index is 1.32. The van der Waals surface area contributed by atoms with Gasteiger partial charge in [0.25, 0.3) is 5.91 Å². The van der Waals surface area contributed by atoms with Crippen LogP contribution in [0.3, 0.4) is 0 Å². The maximum absolute atomic E-state index is 12.7. The van der Waals surface area contributed by atoms with Crippen LogP contribution in [0.25, 0.3) is 0 Å². The molecule has 1 aromatic heterocycles. The Kier molecular flexibility index (Phi) is 5.74. The molecule has 2 aromatic rings. The van der Waals surface area contributed by atoms with Crippen molar-refractivity contribution in [1.29, 1.82) is 0 Å². The summed E-state index contributed by atoms with van der Waals surface area (Å²) >= 11 is 0. The van der Waals surface area contributed by atoms with E-state index in [1.165, 1.54) is 11.1 Å². The van der Waals surface area contributed by atoms with Gasteiger partial charge in [0, 0.05) is 25.6 Å². The SMILES string of the molecule is Cc1ccc(CN2CCC(c3ncc(C(=O)N4CCCC(C)(O)C4)o3)CC2)cc1. The second-order valence-electron chi connectivity index (χ2n) is 8.93. The summed E-state index contributed by atoms with van der Waals surface area (Å²) in [7, 11) is 0. The van der Waals surface area contributed by atoms with Crippen LogP contribution in [0.2, 0.25) is 0 Å². The molecule has 2 aliphatic heterocycles. The van der Waals surface area contributed by atoms with E-state index < -0.39 is 5.60 Å². The van der Waals surface area contributed by atoms with Crippen molar-refractivity contribution in [3.05, 3.63) is 53.2 Å². The van der Waals surface area contributed by atoms with Gasteiger partial charge in [-0.1, -0.05) is 29.8 Å². The molecular formula is C23H31N3O3. The third-order valence-corrected chi connectivity index (χ3v) is 6.16. The van der Waals surface area contributed by atoms with E-state index in [2.05, 4.69) is 41.1 Å². The summed E-state index contributed by atoms with van der Waals surface area (Å²) in [6, 6.07) is 8.72. The second kappa shape index (κ2) is 8.28. The van der Waals surface area contributed by atoms with Crippen molar-refractivity contribution in [3.8, 4) is 0 Å². The quantitative estimate of drug-likeness (QED) is 0.857. The first-order valence-electron chi connectivity index (χ1n) is 10.6. The monoisotopic (exact) mass is 397 g/mol. The number of aryl methyl sites for hydroxylation is 1. The number of β-amino-alcohol motifs (C(OH)–C–C–N with tert-alkyl or cyclic N) is 1. The average molecular weight is 398 g/mol. The molecule has 2 saturated heterocycles. The first-order chi connectivity index (χ1) is 13.9. The largest absolute Gasteiger partial charge is 0.435 e. The molecule has 1 aromatic carbocycles. The Labute approximate surface area is 172 Å². The number of carbonyl (C=O) groups excluding carboxylic acids is 1. The number of aromatic nitrogens is 1. The van der Waals surface area contributed by atoms with Crippen LogP contribution >= 0.6 is 0 Å². The lowest BCUT2D eigenvalue weighted by molar-refractivity contribution is -0.0118. The lowest BCUT2D eigenvalue weighted by atomic mass is 9.95. The van der Waals surface area contributed by atoms with Crippen LogP contribution in [-0.2, 0) is 6.54 Å². The van der Waals surface area contributed by atoms with Crippen molar-refractivity contribution in [1.82, 2.24) is 14.8 Å². The molecule has 156 valence electrons. The van der Waals surface area contributed by atoms with Gasteiger partial charge >= 0.3 is 0 Å². The number of likely N-dealkylation sites (tertiary alicyclic amines) is 2. The predicted molar refractivity (Wildman–Crippen MR) is 111 cm³/mol. The normalized spacial score (nSPS) is 24.0. The van der Waals surface area contributed by atoms with E-state index in [1.807, 2.05) is 0 Å². The number of aliphatic hydroxyl groups is 1. The van der Waals surface area contributed by atoms with E-state index in [9.17, 15) is 9.90 Å². The second-order valence-corrected chi connectivity index (χ2v) is 8.93. The summed E-state index contributed by atoms with van der Waals surface area (Å²) in [5, 5.41) is 10.2. The first kappa shape index (κ1) is 20.1. The van der Waals surface area contributed by atoms with Crippen LogP contribution in [0.15, 0.2) is 34.9 Å².